The summed E-state index contributed by atoms with van der Waals surface area (Å²) in [5.41, 5.74) is 2.03. The molecule has 0 bridgehead atoms. The van der Waals surface area contributed by atoms with E-state index in [1.54, 1.807) is 35.4 Å². The van der Waals surface area contributed by atoms with Gasteiger partial charge in [-0.05, 0) is 48.0 Å². The van der Waals surface area contributed by atoms with Crippen molar-refractivity contribution in [3.63, 3.8) is 0 Å². The minimum atomic E-state index is -0.914. The summed E-state index contributed by atoms with van der Waals surface area (Å²) in [6, 6.07) is 23.3. The van der Waals surface area contributed by atoms with Crippen molar-refractivity contribution < 1.29 is 14.4 Å². The number of nitrogens with zero attached hydrogens (tertiary/aromatic N) is 2. The number of para-hydroxylation sites is 1. The van der Waals surface area contributed by atoms with Crippen LogP contribution in [0.3, 0.4) is 0 Å². The number of benzene rings is 3. The Morgan fingerprint density at radius 2 is 1.47 bits per heavy atom. The first kappa shape index (κ1) is 19.3. The summed E-state index contributed by atoms with van der Waals surface area (Å²) in [7, 11) is 0. The van der Waals surface area contributed by atoms with Crippen LogP contribution in [0.1, 0.15) is 11.6 Å². The topological polar surface area (TPSA) is 49.9 Å². The fourth-order valence-electron chi connectivity index (χ4n) is 4.09. The SMILES string of the molecule is O=C1[C@H]2[C@@H](ON(c3ccccc3)[C@H]2c2ccccc2Cl)C(=O)N1c1ccc(Br)cc1. The average Bonchev–Trinajstić information content (AvgIpc) is 3.26. The first-order valence-electron chi connectivity index (χ1n) is 9.45. The number of amides is 2. The van der Waals surface area contributed by atoms with Crippen LogP contribution in [0.2, 0.25) is 5.02 Å². The van der Waals surface area contributed by atoms with Crippen LogP contribution in [0.15, 0.2) is 83.3 Å². The number of halogens is 2. The highest BCUT2D eigenvalue weighted by Gasteiger charge is 2.60. The largest absolute Gasteiger partial charge is 0.273 e. The zero-order valence-electron chi connectivity index (χ0n) is 15.6. The minimum absolute atomic E-state index is 0.296. The molecule has 0 N–H and O–H groups in total. The second kappa shape index (κ2) is 7.54. The van der Waals surface area contributed by atoms with Crippen molar-refractivity contribution >= 4 is 50.7 Å². The molecule has 0 aromatic heterocycles. The Labute approximate surface area is 186 Å². The number of hydrogen-bond donors (Lipinski definition) is 0. The van der Waals surface area contributed by atoms with Crippen molar-refractivity contribution in [2.24, 2.45) is 5.92 Å². The highest BCUT2D eigenvalue weighted by atomic mass is 79.9. The number of rotatable bonds is 3. The summed E-state index contributed by atoms with van der Waals surface area (Å²) < 4.78 is 0.867. The van der Waals surface area contributed by atoms with Gasteiger partial charge in [-0.2, -0.15) is 0 Å². The van der Waals surface area contributed by atoms with Crippen LogP contribution in [-0.4, -0.2) is 17.9 Å². The standard InChI is InChI=1S/C23H16BrClN2O3/c24-14-10-12-15(13-11-14)26-22(28)19-20(17-8-4-5-9-18(17)25)27(30-21(19)23(26)29)16-6-2-1-3-7-16/h1-13,19-21H/t19-,20+,21-/m1/s1. The van der Waals surface area contributed by atoms with E-state index in [0.29, 0.717) is 10.7 Å². The third kappa shape index (κ3) is 3.03. The van der Waals surface area contributed by atoms with E-state index < -0.39 is 18.1 Å². The maximum atomic E-state index is 13.5. The number of carbonyl (C=O) groups excluding carboxylic acids is 2. The average molecular weight is 484 g/mol. The van der Waals surface area contributed by atoms with Gasteiger partial charge in [-0.1, -0.05) is 63.9 Å². The molecule has 2 heterocycles. The molecule has 2 aliphatic rings. The van der Waals surface area contributed by atoms with Gasteiger partial charge in [0.1, 0.15) is 5.92 Å². The van der Waals surface area contributed by atoms with Crippen molar-refractivity contribution in [3.8, 4) is 0 Å². The molecule has 0 unspecified atom stereocenters. The van der Waals surface area contributed by atoms with E-state index in [9.17, 15) is 9.59 Å². The van der Waals surface area contributed by atoms with Gasteiger partial charge in [0.15, 0.2) is 6.10 Å². The number of fused-ring (bicyclic) bond motifs is 1. The van der Waals surface area contributed by atoms with Gasteiger partial charge in [-0.25, -0.2) is 9.96 Å². The van der Waals surface area contributed by atoms with E-state index in [-0.39, 0.29) is 11.8 Å². The van der Waals surface area contributed by atoms with E-state index in [4.69, 9.17) is 16.4 Å². The molecule has 2 aliphatic heterocycles. The fourth-order valence-corrected chi connectivity index (χ4v) is 4.60. The summed E-state index contributed by atoms with van der Waals surface area (Å²) in [5.74, 6) is -1.38. The van der Waals surface area contributed by atoms with Crippen molar-refractivity contribution in [2.45, 2.75) is 12.1 Å². The van der Waals surface area contributed by atoms with E-state index in [1.807, 2.05) is 48.5 Å². The molecule has 0 saturated carbocycles. The van der Waals surface area contributed by atoms with Crippen LogP contribution in [0.25, 0.3) is 0 Å². The summed E-state index contributed by atoms with van der Waals surface area (Å²) in [6.07, 6.45) is -0.914. The van der Waals surface area contributed by atoms with E-state index in [0.717, 1.165) is 15.7 Å². The Morgan fingerprint density at radius 3 is 2.17 bits per heavy atom. The Morgan fingerprint density at radius 1 is 0.800 bits per heavy atom. The second-order valence-electron chi connectivity index (χ2n) is 7.17. The molecule has 5 nitrogen and oxygen atoms in total. The van der Waals surface area contributed by atoms with Gasteiger partial charge in [0.2, 0.25) is 5.91 Å². The molecule has 150 valence electrons. The number of anilines is 2. The van der Waals surface area contributed by atoms with E-state index in [1.165, 1.54) is 4.90 Å². The highest BCUT2D eigenvalue weighted by Crippen LogP contribution is 2.48. The molecule has 3 aromatic carbocycles. The number of carbonyl (C=O) groups is 2. The molecule has 3 aromatic rings. The molecule has 2 fully saturated rings. The van der Waals surface area contributed by atoms with Gasteiger partial charge in [-0.15, -0.1) is 0 Å². The van der Waals surface area contributed by atoms with Crippen molar-refractivity contribution in [1.82, 2.24) is 0 Å². The Hall–Kier alpha value is -2.67. The van der Waals surface area contributed by atoms with Gasteiger partial charge in [0.05, 0.1) is 17.4 Å². The van der Waals surface area contributed by atoms with Crippen LogP contribution in [0.4, 0.5) is 11.4 Å². The van der Waals surface area contributed by atoms with Crippen molar-refractivity contribution in [1.29, 1.82) is 0 Å². The molecular weight excluding hydrogens is 468 g/mol. The van der Waals surface area contributed by atoms with E-state index >= 15 is 0 Å². The summed E-state index contributed by atoms with van der Waals surface area (Å²) in [6.45, 7) is 0. The summed E-state index contributed by atoms with van der Waals surface area (Å²) >= 11 is 9.89. The molecule has 2 amide bonds. The lowest BCUT2D eigenvalue weighted by Crippen LogP contribution is -2.37. The van der Waals surface area contributed by atoms with Crippen LogP contribution in [0, 0.1) is 5.92 Å². The number of hydroxylamine groups is 1. The molecule has 5 rings (SSSR count). The number of hydrogen-bond acceptors (Lipinski definition) is 4. The second-order valence-corrected chi connectivity index (χ2v) is 8.49. The molecule has 3 atom stereocenters. The molecular formula is C23H16BrClN2O3. The molecule has 0 aliphatic carbocycles. The van der Waals surface area contributed by atoms with Crippen molar-refractivity contribution in [3.05, 3.63) is 93.9 Å². The fraction of sp³-hybridized carbons (Fsp3) is 0.130. The molecule has 30 heavy (non-hydrogen) atoms. The summed E-state index contributed by atoms with van der Waals surface area (Å²) in [4.78, 5) is 34.0. The maximum Gasteiger partial charge on any atom is 0.266 e. The predicted octanol–water partition coefficient (Wildman–Crippen LogP) is 5.15. The van der Waals surface area contributed by atoms with Crippen LogP contribution in [-0.2, 0) is 14.4 Å². The van der Waals surface area contributed by atoms with Gasteiger partial charge >= 0.3 is 0 Å². The van der Waals surface area contributed by atoms with Crippen LogP contribution >= 0.6 is 27.5 Å². The lowest BCUT2D eigenvalue weighted by molar-refractivity contribution is -0.126. The Balaban J connectivity index is 1.60. The quantitative estimate of drug-likeness (QED) is 0.483. The first-order chi connectivity index (χ1) is 14.6. The highest BCUT2D eigenvalue weighted by molar-refractivity contribution is 9.10. The molecule has 7 heteroatoms. The Bertz CT molecular complexity index is 1120. The molecule has 2 saturated heterocycles. The predicted molar refractivity (Wildman–Crippen MR) is 118 cm³/mol. The monoisotopic (exact) mass is 482 g/mol. The lowest BCUT2D eigenvalue weighted by Gasteiger charge is -2.29. The van der Waals surface area contributed by atoms with Crippen LogP contribution in [0.5, 0.6) is 0 Å². The van der Waals surface area contributed by atoms with Crippen LogP contribution < -0.4 is 9.96 Å². The van der Waals surface area contributed by atoms with Gasteiger partial charge in [0.25, 0.3) is 5.91 Å². The normalized spacial score (nSPS) is 23.2. The number of imide groups is 1. The zero-order chi connectivity index (χ0) is 20.8. The van der Waals surface area contributed by atoms with Gasteiger partial charge in [0, 0.05) is 9.50 Å². The smallest absolute Gasteiger partial charge is 0.266 e. The molecule has 0 spiro atoms. The third-order valence-corrected chi connectivity index (χ3v) is 6.31. The minimum Gasteiger partial charge on any atom is -0.273 e. The zero-order valence-corrected chi connectivity index (χ0v) is 18.0. The van der Waals surface area contributed by atoms with Crippen molar-refractivity contribution in [2.75, 3.05) is 9.96 Å². The summed E-state index contributed by atoms with van der Waals surface area (Å²) in [5, 5.41) is 2.17. The Kier molecular flexibility index (Phi) is 4.85. The van der Waals surface area contributed by atoms with Gasteiger partial charge < -0.3 is 0 Å². The lowest BCUT2D eigenvalue weighted by atomic mass is 9.90. The van der Waals surface area contributed by atoms with E-state index in [2.05, 4.69) is 15.9 Å². The molecule has 0 radical (unpaired) electrons. The maximum absolute atomic E-state index is 13.5. The first-order valence-corrected chi connectivity index (χ1v) is 10.6. The third-order valence-electron chi connectivity index (χ3n) is 5.43. The van der Waals surface area contributed by atoms with Gasteiger partial charge in [-0.3, -0.25) is 14.4 Å².